The largest absolute Gasteiger partial charge is 0.493 e. The van der Waals surface area contributed by atoms with E-state index in [1.54, 1.807) is 0 Å². The third kappa shape index (κ3) is 2.49. The molecule has 15 heavy (non-hydrogen) atoms. The molecule has 2 rings (SSSR count). The minimum absolute atomic E-state index is 0.185. The lowest BCUT2D eigenvalue weighted by Gasteiger charge is -2.04. The van der Waals surface area contributed by atoms with Gasteiger partial charge in [0.05, 0.1) is 12.5 Å². The zero-order valence-corrected chi connectivity index (χ0v) is 8.64. The van der Waals surface area contributed by atoms with E-state index in [2.05, 4.69) is 0 Å². The lowest BCUT2D eigenvalue weighted by atomic mass is 10.2. The summed E-state index contributed by atoms with van der Waals surface area (Å²) >= 11 is 0. The van der Waals surface area contributed by atoms with Crippen molar-refractivity contribution < 1.29 is 14.6 Å². The Hall–Kier alpha value is -1.51. The van der Waals surface area contributed by atoms with Gasteiger partial charge in [-0.1, -0.05) is 17.7 Å². The summed E-state index contributed by atoms with van der Waals surface area (Å²) < 4.78 is 5.50. The molecule has 0 aromatic heterocycles. The van der Waals surface area contributed by atoms with Gasteiger partial charge < -0.3 is 9.84 Å². The van der Waals surface area contributed by atoms with Crippen LogP contribution in [0.5, 0.6) is 5.75 Å². The lowest BCUT2D eigenvalue weighted by molar-refractivity contribution is -0.138. The summed E-state index contributed by atoms with van der Waals surface area (Å²) in [5.41, 5.74) is 1.19. The lowest BCUT2D eigenvalue weighted by Crippen LogP contribution is -2.06. The van der Waals surface area contributed by atoms with E-state index in [-0.39, 0.29) is 11.8 Å². The normalized spacial score (nSPS) is 23.5. The first-order valence-corrected chi connectivity index (χ1v) is 5.09. The molecule has 80 valence electrons. The number of benzene rings is 1. The van der Waals surface area contributed by atoms with E-state index in [0.29, 0.717) is 6.61 Å². The van der Waals surface area contributed by atoms with Crippen molar-refractivity contribution in [2.24, 2.45) is 11.8 Å². The van der Waals surface area contributed by atoms with Gasteiger partial charge in [0, 0.05) is 5.92 Å². The third-order valence-electron chi connectivity index (χ3n) is 2.72. The van der Waals surface area contributed by atoms with Crippen LogP contribution in [0.25, 0.3) is 0 Å². The van der Waals surface area contributed by atoms with Crippen LogP contribution in [0, 0.1) is 18.8 Å². The van der Waals surface area contributed by atoms with Crippen LogP contribution in [-0.2, 0) is 4.79 Å². The van der Waals surface area contributed by atoms with Crippen molar-refractivity contribution in [1.82, 2.24) is 0 Å². The first-order valence-electron chi connectivity index (χ1n) is 5.09. The van der Waals surface area contributed by atoms with E-state index in [4.69, 9.17) is 9.84 Å². The van der Waals surface area contributed by atoms with Crippen LogP contribution in [0.4, 0.5) is 0 Å². The van der Waals surface area contributed by atoms with Gasteiger partial charge in [0.1, 0.15) is 5.75 Å². The number of carboxylic acids is 1. The maximum atomic E-state index is 10.6. The second kappa shape index (κ2) is 3.93. The van der Waals surface area contributed by atoms with Crippen molar-refractivity contribution in [2.45, 2.75) is 13.3 Å². The SMILES string of the molecule is Cc1ccc(OC[C@@H]2C[C@H]2C(=O)O)cc1. The van der Waals surface area contributed by atoms with Gasteiger partial charge in [0.25, 0.3) is 0 Å². The van der Waals surface area contributed by atoms with Crippen LogP contribution < -0.4 is 4.74 Å². The maximum Gasteiger partial charge on any atom is 0.306 e. The van der Waals surface area contributed by atoms with Gasteiger partial charge in [0.2, 0.25) is 0 Å². The first kappa shape index (κ1) is 10.0. The highest BCUT2D eigenvalue weighted by Gasteiger charge is 2.43. The number of aliphatic carboxylic acids is 1. The fourth-order valence-corrected chi connectivity index (χ4v) is 1.57. The van der Waals surface area contributed by atoms with Gasteiger partial charge >= 0.3 is 5.97 Å². The van der Waals surface area contributed by atoms with Gasteiger partial charge in [-0.25, -0.2) is 0 Å². The molecule has 1 aliphatic carbocycles. The van der Waals surface area contributed by atoms with Gasteiger partial charge in [-0.3, -0.25) is 4.79 Å². The number of ether oxygens (including phenoxy) is 1. The van der Waals surface area contributed by atoms with Gasteiger partial charge in [-0.15, -0.1) is 0 Å². The molecular formula is C12H14O3. The molecule has 3 nitrogen and oxygen atoms in total. The molecule has 0 aliphatic heterocycles. The molecule has 1 fully saturated rings. The molecule has 2 atom stereocenters. The molecule has 0 spiro atoms. The second-order valence-corrected chi connectivity index (χ2v) is 4.06. The molecule has 1 aromatic carbocycles. The monoisotopic (exact) mass is 206 g/mol. The van der Waals surface area contributed by atoms with E-state index in [0.717, 1.165) is 12.2 Å². The van der Waals surface area contributed by atoms with E-state index in [1.165, 1.54) is 5.56 Å². The average Bonchev–Trinajstić information content (AvgIpc) is 2.96. The van der Waals surface area contributed by atoms with Crippen molar-refractivity contribution in [2.75, 3.05) is 6.61 Å². The van der Waals surface area contributed by atoms with E-state index < -0.39 is 5.97 Å². The molecular weight excluding hydrogens is 192 g/mol. The summed E-state index contributed by atoms with van der Waals surface area (Å²) in [5, 5.41) is 8.70. The molecule has 1 aliphatic rings. The topological polar surface area (TPSA) is 46.5 Å². The van der Waals surface area contributed by atoms with Crippen LogP contribution in [-0.4, -0.2) is 17.7 Å². The molecule has 3 heteroatoms. The van der Waals surface area contributed by atoms with Crippen molar-refractivity contribution >= 4 is 5.97 Å². The quantitative estimate of drug-likeness (QED) is 0.820. The van der Waals surface area contributed by atoms with Gasteiger partial charge in [0.15, 0.2) is 0 Å². The van der Waals surface area contributed by atoms with Crippen LogP contribution in [0.15, 0.2) is 24.3 Å². The Balaban J connectivity index is 1.80. The highest BCUT2D eigenvalue weighted by Crippen LogP contribution is 2.38. The van der Waals surface area contributed by atoms with E-state index >= 15 is 0 Å². The van der Waals surface area contributed by atoms with Crippen molar-refractivity contribution in [3.05, 3.63) is 29.8 Å². The summed E-state index contributed by atoms with van der Waals surface area (Å²) in [4.78, 5) is 10.6. The average molecular weight is 206 g/mol. The van der Waals surface area contributed by atoms with Crippen molar-refractivity contribution in [3.8, 4) is 5.75 Å². The zero-order chi connectivity index (χ0) is 10.8. The summed E-state index contributed by atoms with van der Waals surface area (Å²) in [7, 11) is 0. The van der Waals surface area contributed by atoms with E-state index in [1.807, 2.05) is 31.2 Å². The first-order chi connectivity index (χ1) is 7.16. The third-order valence-corrected chi connectivity index (χ3v) is 2.72. The zero-order valence-electron chi connectivity index (χ0n) is 8.64. The van der Waals surface area contributed by atoms with Crippen LogP contribution in [0.3, 0.4) is 0 Å². The minimum atomic E-state index is -0.701. The maximum absolute atomic E-state index is 10.6. The van der Waals surface area contributed by atoms with E-state index in [9.17, 15) is 4.79 Å². The molecule has 0 bridgehead atoms. The Morgan fingerprint density at radius 3 is 2.67 bits per heavy atom. The Morgan fingerprint density at radius 2 is 2.13 bits per heavy atom. The van der Waals surface area contributed by atoms with Crippen molar-refractivity contribution in [1.29, 1.82) is 0 Å². The fraction of sp³-hybridized carbons (Fsp3) is 0.417. The highest BCUT2D eigenvalue weighted by molar-refractivity contribution is 5.73. The van der Waals surface area contributed by atoms with Gasteiger partial charge in [-0.2, -0.15) is 0 Å². The fourth-order valence-electron chi connectivity index (χ4n) is 1.57. The molecule has 1 aromatic rings. The molecule has 0 saturated heterocycles. The van der Waals surface area contributed by atoms with Gasteiger partial charge in [-0.05, 0) is 25.5 Å². The standard InChI is InChI=1S/C12H14O3/c1-8-2-4-10(5-3-8)15-7-9-6-11(9)12(13)14/h2-5,9,11H,6-7H2,1H3,(H,13,14)/t9-,11+/m0/s1. The number of hydrogen-bond donors (Lipinski definition) is 1. The predicted molar refractivity (Wildman–Crippen MR) is 55.9 cm³/mol. The molecule has 0 unspecified atom stereocenters. The summed E-state index contributed by atoms with van der Waals surface area (Å²) in [5.74, 6) is 0.128. The smallest absolute Gasteiger partial charge is 0.306 e. The number of carboxylic acid groups (broad SMARTS) is 1. The Bertz CT molecular complexity index is 356. The minimum Gasteiger partial charge on any atom is -0.493 e. The Labute approximate surface area is 88.7 Å². The summed E-state index contributed by atoms with van der Waals surface area (Å²) in [6.07, 6.45) is 0.751. The molecule has 0 radical (unpaired) electrons. The van der Waals surface area contributed by atoms with Crippen LogP contribution in [0.1, 0.15) is 12.0 Å². The summed E-state index contributed by atoms with van der Waals surface area (Å²) in [6, 6.07) is 7.79. The number of rotatable bonds is 4. The highest BCUT2D eigenvalue weighted by atomic mass is 16.5. The van der Waals surface area contributed by atoms with Crippen molar-refractivity contribution in [3.63, 3.8) is 0 Å². The number of aryl methyl sites for hydroxylation is 1. The Morgan fingerprint density at radius 1 is 1.47 bits per heavy atom. The number of carbonyl (C=O) groups is 1. The van der Waals surface area contributed by atoms with Crippen LogP contribution >= 0.6 is 0 Å². The molecule has 0 amide bonds. The molecule has 1 saturated carbocycles. The summed E-state index contributed by atoms with van der Waals surface area (Å²) in [6.45, 7) is 2.53. The Kier molecular flexibility index (Phi) is 2.62. The van der Waals surface area contributed by atoms with Crippen LogP contribution in [0.2, 0.25) is 0 Å². The second-order valence-electron chi connectivity index (χ2n) is 4.06. The predicted octanol–water partition coefficient (Wildman–Crippen LogP) is 2.09. The molecule has 1 N–H and O–H groups in total. The molecule has 0 heterocycles. The number of hydrogen-bond acceptors (Lipinski definition) is 2.